The first kappa shape index (κ1) is 10.4. The second kappa shape index (κ2) is 3.89. The molecule has 1 aliphatic carbocycles. The van der Waals surface area contributed by atoms with Crippen LogP contribution < -0.4 is 5.73 Å². The van der Waals surface area contributed by atoms with Crippen LogP contribution in [0.25, 0.3) is 5.69 Å². The van der Waals surface area contributed by atoms with Crippen LogP contribution in [0.2, 0.25) is 0 Å². The van der Waals surface area contributed by atoms with E-state index < -0.39 is 0 Å². The third-order valence-electron chi connectivity index (χ3n) is 3.31. The van der Waals surface area contributed by atoms with E-state index in [0.29, 0.717) is 5.69 Å². The van der Waals surface area contributed by atoms with E-state index in [9.17, 15) is 5.11 Å². The van der Waals surface area contributed by atoms with Gasteiger partial charge in [-0.05, 0) is 37.0 Å². The second-order valence-electron chi connectivity index (χ2n) is 4.45. The Morgan fingerprint density at radius 3 is 3.00 bits per heavy atom. The first-order chi connectivity index (χ1) is 8.27. The molecule has 1 aromatic heterocycles. The highest BCUT2D eigenvalue weighted by Gasteiger charge is 2.23. The van der Waals surface area contributed by atoms with Crippen LogP contribution in [0.4, 0.5) is 0 Å². The van der Waals surface area contributed by atoms with Gasteiger partial charge < -0.3 is 10.8 Å². The van der Waals surface area contributed by atoms with Gasteiger partial charge in [0.05, 0.1) is 11.9 Å². The third-order valence-corrected chi connectivity index (χ3v) is 3.31. The predicted octanol–water partition coefficient (Wildman–Crippen LogP) is 1.91. The fraction of sp³-hybridized carbons (Fsp3) is 0.308. The lowest BCUT2D eigenvalue weighted by Crippen LogP contribution is -2.20. The zero-order valence-corrected chi connectivity index (χ0v) is 9.50. The molecule has 1 atom stereocenters. The number of fused-ring (bicyclic) bond motifs is 1. The van der Waals surface area contributed by atoms with Gasteiger partial charge in [0.25, 0.3) is 0 Å². The number of nitrogens with zero attached hydrogens (tertiary/aromatic N) is 2. The maximum Gasteiger partial charge on any atom is 0.141 e. The Hall–Kier alpha value is -1.81. The number of para-hydroxylation sites is 2. The molecular formula is C13H15N3O. The standard InChI is InChI=1S/C13H15N3O/c14-10-5-3-4-9-8-15-16(13(9)10)11-6-1-2-7-12(11)17/h1-2,6-8,10,17H,3-5,14H2. The Morgan fingerprint density at radius 1 is 1.35 bits per heavy atom. The number of aryl methyl sites for hydroxylation is 1. The van der Waals surface area contributed by atoms with Crippen molar-refractivity contribution in [3.8, 4) is 11.4 Å². The number of hydrogen-bond acceptors (Lipinski definition) is 3. The predicted molar refractivity (Wildman–Crippen MR) is 65.1 cm³/mol. The van der Waals surface area contributed by atoms with E-state index in [-0.39, 0.29) is 11.8 Å². The monoisotopic (exact) mass is 229 g/mol. The van der Waals surface area contributed by atoms with Crippen molar-refractivity contribution >= 4 is 0 Å². The van der Waals surface area contributed by atoms with Crippen LogP contribution in [-0.4, -0.2) is 14.9 Å². The van der Waals surface area contributed by atoms with Crippen molar-refractivity contribution < 1.29 is 5.11 Å². The Bertz CT molecular complexity index is 547. The second-order valence-corrected chi connectivity index (χ2v) is 4.45. The Kier molecular flexibility index (Phi) is 2.37. The van der Waals surface area contributed by atoms with Crippen molar-refractivity contribution in [2.75, 3.05) is 0 Å². The summed E-state index contributed by atoms with van der Waals surface area (Å²) in [6, 6.07) is 7.22. The molecule has 88 valence electrons. The Morgan fingerprint density at radius 2 is 2.18 bits per heavy atom. The average Bonchev–Trinajstić information content (AvgIpc) is 2.75. The van der Waals surface area contributed by atoms with Crippen molar-refractivity contribution in [1.29, 1.82) is 0 Å². The molecule has 0 radical (unpaired) electrons. The van der Waals surface area contributed by atoms with Crippen molar-refractivity contribution in [2.45, 2.75) is 25.3 Å². The van der Waals surface area contributed by atoms with E-state index in [1.807, 2.05) is 18.3 Å². The first-order valence-corrected chi connectivity index (χ1v) is 5.88. The molecule has 0 amide bonds. The number of aromatic nitrogens is 2. The van der Waals surface area contributed by atoms with Gasteiger partial charge in [0.2, 0.25) is 0 Å². The minimum Gasteiger partial charge on any atom is -0.506 e. The topological polar surface area (TPSA) is 64.1 Å². The molecule has 0 aliphatic heterocycles. The van der Waals surface area contributed by atoms with E-state index in [4.69, 9.17) is 5.73 Å². The van der Waals surface area contributed by atoms with E-state index in [0.717, 1.165) is 25.0 Å². The summed E-state index contributed by atoms with van der Waals surface area (Å²) in [6.45, 7) is 0. The van der Waals surface area contributed by atoms with Crippen LogP contribution >= 0.6 is 0 Å². The van der Waals surface area contributed by atoms with E-state index in [1.54, 1.807) is 16.8 Å². The summed E-state index contributed by atoms with van der Waals surface area (Å²) in [6.07, 6.45) is 4.98. The van der Waals surface area contributed by atoms with Crippen LogP contribution in [0, 0.1) is 0 Å². The molecule has 17 heavy (non-hydrogen) atoms. The summed E-state index contributed by atoms with van der Waals surface area (Å²) in [7, 11) is 0. The molecule has 0 saturated carbocycles. The minimum absolute atomic E-state index is 0.0147. The molecule has 1 heterocycles. The number of hydrogen-bond donors (Lipinski definition) is 2. The lowest BCUT2D eigenvalue weighted by molar-refractivity contribution is 0.466. The molecule has 4 nitrogen and oxygen atoms in total. The number of phenolic OH excluding ortho intramolecular Hbond substituents is 1. The largest absolute Gasteiger partial charge is 0.506 e. The number of aromatic hydroxyl groups is 1. The maximum atomic E-state index is 9.87. The van der Waals surface area contributed by atoms with Gasteiger partial charge in [0, 0.05) is 6.04 Å². The normalized spacial score (nSPS) is 19.0. The highest BCUT2D eigenvalue weighted by Crippen LogP contribution is 2.31. The van der Waals surface area contributed by atoms with Crippen LogP contribution in [-0.2, 0) is 6.42 Å². The highest BCUT2D eigenvalue weighted by atomic mass is 16.3. The summed E-state index contributed by atoms with van der Waals surface area (Å²) >= 11 is 0. The zero-order valence-electron chi connectivity index (χ0n) is 9.50. The molecule has 3 N–H and O–H groups in total. The molecule has 3 rings (SSSR count). The number of benzene rings is 1. The number of rotatable bonds is 1. The Labute approximate surface area is 99.7 Å². The summed E-state index contributed by atoms with van der Waals surface area (Å²) < 4.78 is 1.77. The molecule has 2 aromatic rings. The molecule has 0 saturated heterocycles. The van der Waals surface area contributed by atoms with E-state index in [2.05, 4.69) is 5.10 Å². The van der Waals surface area contributed by atoms with Crippen molar-refractivity contribution in [2.24, 2.45) is 5.73 Å². The smallest absolute Gasteiger partial charge is 0.141 e. The van der Waals surface area contributed by atoms with E-state index in [1.165, 1.54) is 5.56 Å². The van der Waals surface area contributed by atoms with Crippen LogP contribution in [0.5, 0.6) is 5.75 Å². The minimum atomic E-state index is 0.0147. The lowest BCUT2D eigenvalue weighted by atomic mass is 9.94. The fourth-order valence-electron chi connectivity index (χ4n) is 2.46. The molecule has 1 unspecified atom stereocenters. The maximum absolute atomic E-state index is 9.87. The molecule has 0 bridgehead atoms. The molecule has 0 fully saturated rings. The summed E-state index contributed by atoms with van der Waals surface area (Å²) in [4.78, 5) is 0. The van der Waals surface area contributed by atoms with Crippen molar-refractivity contribution in [1.82, 2.24) is 9.78 Å². The van der Waals surface area contributed by atoms with Gasteiger partial charge in [-0.2, -0.15) is 5.10 Å². The van der Waals surface area contributed by atoms with Crippen molar-refractivity contribution in [3.05, 3.63) is 41.7 Å². The highest BCUT2D eigenvalue weighted by molar-refractivity contribution is 5.47. The zero-order chi connectivity index (χ0) is 11.8. The summed E-state index contributed by atoms with van der Waals surface area (Å²) in [5, 5.41) is 14.2. The van der Waals surface area contributed by atoms with Gasteiger partial charge in [0.1, 0.15) is 11.4 Å². The molecule has 1 aromatic carbocycles. The van der Waals surface area contributed by atoms with Crippen LogP contribution in [0.3, 0.4) is 0 Å². The van der Waals surface area contributed by atoms with Gasteiger partial charge in [-0.15, -0.1) is 0 Å². The molecular weight excluding hydrogens is 214 g/mol. The number of nitrogens with two attached hydrogens (primary N) is 1. The first-order valence-electron chi connectivity index (χ1n) is 5.88. The fourth-order valence-corrected chi connectivity index (χ4v) is 2.46. The number of phenols is 1. The quantitative estimate of drug-likeness (QED) is 0.785. The third kappa shape index (κ3) is 1.61. The molecule has 1 aliphatic rings. The van der Waals surface area contributed by atoms with Gasteiger partial charge >= 0.3 is 0 Å². The Balaban J connectivity index is 2.17. The van der Waals surface area contributed by atoms with E-state index >= 15 is 0 Å². The van der Waals surface area contributed by atoms with Crippen LogP contribution in [0.1, 0.15) is 30.1 Å². The summed E-state index contributed by atoms with van der Waals surface area (Å²) in [5.41, 5.74) is 9.08. The molecule has 0 spiro atoms. The molecule has 4 heteroatoms. The average molecular weight is 229 g/mol. The van der Waals surface area contributed by atoms with Gasteiger partial charge in [0.15, 0.2) is 0 Å². The lowest BCUT2D eigenvalue weighted by Gasteiger charge is -2.20. The summed E-state index contributed by atoms with van der Waals surface area (Å²) in [5.74, 6) is 0.233. The van der Waals surface area contributed by atoms with Gasteiger partial charge in [-0.25, -0.2) is 4.68 Å². The van der Waals surface area contributed by atoms with Gasteiger partial charge in [-0.1, -0.05) is 12.1 Å². The van der Waals surface area contributed by atoms with Crippen molar-refractivity contribution in [3.63, 3.8) is 0 Å². The van der Waals surface area contributed by atoms with Gasteiger partial charge in [-0.3, -0.25) is 0 Å². The van der Waals surface area contributed by atoms with Crippen LogP contribution in [0.15, 0.2) is 30.5 Å². The SMILES string of the molecule is NC1CCCc2cnn(-c3ccccc3O)c21.